The van der Waals surface area contributed by atoms with Crippen molar-refractivity contribution < 1.29 is 23.5 Å². The summed E-state index contributed by atoms with van der Waals surface area (Å²) in [6.45, 7) is 3.17. The Kier molecular flexibility index (Phi) is 4.64. The summed E-state index contributed by atoms with van der Waals surface area (Å²) >= 11 is 0. The highest BCUT2D eigenvalue weighted by Gasteiger charge is 2.24. The second-order valence-corrected chi connectivity index (χ2v) is 6.71. The largest absolute Gasteiger partial charge is 0.479 e. The third kappa shape index (κ3) is 3.75. The van der Waals surface area contributed by atoms with Crippen molar-refractivity contribution in [1.29, 1.82) is 0 Å². The lowest BCUT2D eigenvalue weighted by molar-refractivity contribution is -0.122. The lowest BCUT2D eigenvalue weighted by Crippen LogP contribution is -2.34. The number of ether oxygens (including phenoxy) is 1. The maximum Gasteiger partial charge on any atom is 0.291 e. The van der Waals surface area contributed by atoms with Crippen LogP contribution in [0.4, 0.5) is 11.4 Å². The van der Waals surface area contributed by atoms with Crippen LogP contribution in [0.3, 0.4) is 0 Å². The van der Waals surface area contributed by atoms with Gasteiger partial charge in [0.25, 0.3) is 11.8 Å². The average molecular weight is 390 g/mol. The van der Waals surface area contributed by atoms with Crippen LogP contribution in [-0.2, 0) is 4.79 Å². The van der Waals surface area contributed by atoms with Gasteiger partial charge in [0.05, 0.1) is 5.69 Å². The van der Waals surface area contributed by atoms with Gasteiger partial charge in [-0.15, -0.1) is 0 Å². The van der Waals surface area contributed by atoms with Gasteiger partial charge in [0.2, 0.25) is 0 Å². The van der Waals surface area contributed by atoms with Gasteiger partial charge in [-0.05, 0) is 44.2 Å². The molecule has 4 rings (SSSR count). The summed E-state index contributed by atoms with van der Waals surface area (Å²) in [6, 6.07) is 15.2. The molecule has 0 fully saturated rings. The Hall–Kier alpha value is -3.87. The molecule has 1 atom stereocenters. The van der Waals surface area contributed by atoms with E-state index in [0.29, 0.717) is 28.4 Å². The predicted octanol–water partition coefficient (Wildman–Crippen LogP) is 4.12. The molecule has 0 spiro atoms. The van der Waals surface area contributed by atoms with Crippen molar-refractivity contribution in [2.24, 2.45) is 0 Å². The van der Waals surface area contributed by atoms with Gasteiger partial charge in [-0.1, -0.05) is 24.3 Å². The van der Waals surface area contributed by atoms with Crippen LogP contribution in [0.5, 0.6) is 5.75 Å². The molecule has 0 saturated carbocycles. The van der Waals surface area contributed by atoms with E-state index in [4.69, 9.17) is 9.15 Å². The van der Waals surface area contributed by atoms with Crippen molar-refractivity contribution in [3.8, 4) is 17.1 Å². The lowest BCUT2D eigenvalue weighted by Gasteiger charge is -2.23. The van der Waals surface area contributed by atoms with E-state index in [1.807, 2.05) is 0 Å². The summed E-state index contributed by atoms with van der Waals surface area (Å²) in [7, 11) is 0. The van der Waals surface area contributed by atoms with Crippen LogP contribution in [0.25, 0.3) is 11.3 Å². The Bertz CT molecular complexity index is 1110. The van der Waals surface area contributed by atoms with Gasteiger partial charge < -0.3 is 19.8 Å². The van der Waals surface area contributed by atoms with E-state index >= 15 is 0 Å². The molecule has 7 heteroatoms. The highest BCUT2D eigenvalue weighted by molar-refractivity contribution is 6.04. The number of anilines is 2. The van der Waals surface area contributed by atoms with Crippen LogP contribution in [0.1, 0.15) is 34.8 Å². The molecule has 0 aliphatic carbocycles. The molecule has 0 radical (unpaired) electrons. The fraction of sp³-hybridized carbons (Fsp3) is 0.136. The summed E-state index contributed by atoms with van der Waals surface area (Å²) in [5.41, 5.74) is 2.36. The predicted molar refractivity (Wildman–Crippen MR) is 107 cm³/mol. The molecular formula is C22H18N2O5. The van der Waals surface area contributed by atoms with E-state index in [2.05, 4.69) is 10.6 Å². The highest BCUT2D eigenvalue weighted by Crippen LogP contribution is 2.32. The minimum Gasteiger partial charge on any atom is -0.479 e. The monoisotopic (exact) mass is 390 g/mol. The fourth-order valence-electron chi connectivity index (χ4n) is 2.96. The summed E-state index contributed by atoms with van der Waals surface area (Å²) in [5, 5.41) is 5.48. The number of hydrogen-bond donors (Lipinski definition) is 2. The van der Waals surface area contributed by atoms with Crippen LogP contribution < -0.4 is 15.4 Å². The molecule has 1 aromatic heterocycles. The molecule has 2 heterocycles. The first-order valence-electron chi connectivity index (χ1n) is 9.05. The fourth-order valence-corrected chi connectivity index (χ4v) is 2.96. The molecule has 146 valence electrons. The number of rotatable bonds is 4. The molecule has 0 bridgehead atoms. The Balaban J connectivity index is 1.49. The minimum atomic E-state index is -0.561. The van der Waals surface area contributed by atoms with Crippen molar-refractivity contribution >= 4 is 29.0 Å². The minimum absolute atomic E-state index is 0.0165. The molecule has 0 saturated heterocycles. The van der Waals surface area contributed by atoms with Crippen LogP contribution >= 0.6 is 0 Å². The molecule has 1 aliphatic heterocycles. The zero-order chi connectivity index (χ0) is 20.5. The maximum absolute atomic E-state index is 12.5. The molecule has 2 N–H and O–H groups in total. The summed E-state index contributed by atoms with van der Waals surface area (Å²) in [4.78, 5) is 35.6. The van der Waals surface area contributed by atoms with Gasteiger partial charge in [-0.25, -0.2) is 0 Å². The maximum atomic E-state index is 12.5. The van der Waals surface area contributed by atoms with Crippen LogP contribution in [0, 0.1) is 0 Å². The Morgan fingerprint density at radius 3 is 2.52 bits per heavy atom. The van der Waals surface area contributed by atoms with Crippen molar-refractivity contribution in [2.75, 3.05) is 10.6 Å². The number of carbonyl (C=O) groups is 3. The zero-order valence-electron chi connectivity index (χ0n) is 15.8. The second-order valence-electron chi connectivity index (χ2n) is 6.71. The second kappa shape index (κ2) is 7.27. The number of furan rings is 1. The molecular weight excluding hydrogens is 372 g/mol. The first-order chi connectivity index (χ1) is 13.9. The van der Waals surface area contributed by atoms with Crippen molar-refractivity contribution in [1.82, 2.24) is 0 Å². The number of Topliss-reactive ketones (excluding diaryl/α,β-unsaturated/α-hetero) is 1. The van der Waals surface area contributed by atoms with Crippen LogP contribution in [0.2, 0.25) is 0 Å². The number of hydrogen-bond acceptors (Lipinski definition) is 5. The van der Waals surface area contributed by atoms with E-state index in [9.17, 15) is 14.4 Å². The van der Waals surface area contributed by atoms with E-state index in [1.165, 1.54) is 6.92 Å². The standard InChI is InChI=1S/C22H18N2O5/c1-12(25)14-3-5-15(6-4-14)18-9-10-20(29-18)22(27)23-16-7-8-19-17(11-16)24-21(26)13(2)28-19/h3-11,13H,1-2H3,(H,23,27)(H,24,26)/t13-/m0/s1. The average Bonchev–Trinajstić information content (AvgIpc) is 3.19. The van der Waals surface area contributed by atoms with Gasteiger partial charge in [-0.3, -0.25) is 14.4 Å². The van der Waals surface area contributed by atoms with Gasteiger partial charge >= 0.3 is 0 Å². The quantitative estimate of drug-likeness (QED) is 0.653. The number of ketones is 1. The van der Waals surface area contributed by atoms with Crippen molar-refractivity contribution in [2.45, 2.75) is 20.0 Å². The summed E-state index contributed by atoms with van der Waals surface area (Å²) in [6.07, 6.45) is -0.561. The molecule has 3 aromatic rings. The Morgan fingerprint density at radius 2 is 1.79 bits per heavy atom. The zero-order valence-corrected chi connectivity index (χ0v) is 15.8. The molecule has 2 aromatic carbocycles. The van der Waals surface area contributed by atoms with E-state index in [-0.39, 0.29) is 17.5 Å². The van der Waals surface area contributed by atoms with Gasteiger partial charge in [-0.2, -0.15) is 0 Å². The molecule has 1 aliphatic rings. The van der Waals surface area contributed by atoms with E-state index in [1.54, 1.807) is 61.5 Å². The Labute approximate surface area is 166 Å². The Morgan fingerprint density at radius 1 is 1.03 bits per heavy atom. The van der Waals surface area contributed by atoms with Gasteiger partial charge in [0.1, 0.15) is 11.5 Å². The molecule has 0 unspecified atom stereocenters. The van der Waals surface area contributed by atoms with E-state index in [0.717, 1.165) is 5.56 Å². The number of fused-ring (bicyclic) bond motifs is 1. The first kappa shape index (κ1) is 18.5. The topological polar surface area (TPSA) is 97.6 Å². The van der Waals surface area contributed by atoms with Crippen molar-refractivity contribution in [3.63, 3.8) is 0 Å². The summed E-state index contributed by atoms with van der Waals surface area (Å²) < 4.78 is 11.2. The lowest BCUT2D eigenvalue weighted by atomic mass is 10.1. The number of amides is 2. The highest BCUT2D eigenvalue weighted by atomic mass is 16.5. The smallest absolute Gasteiger partial charge is 0.291 e. The number of nitrogens with one attached hydrogen (secondary N) is 2. The van der Waals surface area contributed by atoms with E-state index < -0.39 is 12.0 Å². The third-order valence-electron chi connectivity index (χ3n) is 4.57. The van der Waals surface area contributed by atoms with Gasteiger partial charge in [0, 0.05) is 16.8 Å². The molecule has 2 amide bonds. The first-order valence-corrected chi connectivity index (χ1v) is 9.05. The van der Waals surface area contributed by atoms with Gasteiger partial charge in [0.15, 0.2) is 17.6 Å². The van der Waals surface area contributed by atoms with Crippen LogP contribution in [0.15, 0.2) is 59.0 Å². The SMILES string of the molecule is CC(=O)c1ccc(-c2ccc(C(=O)Nc3ccc4c(c3)NC(=O)[C@H](C)O4)o2)cc1. The molecule has 7 nitrogen and oxygen atoms in total. The number of benzene rings is 2. The normalized spacial score (nSPS) is 15.1. The third-order valence-corrected chi connectivity index (χ3v) is 4.57. The van der Waals surface area contributed by atoms with Crippen LogP contribution in [-0.4, -0.2) is 23.7 Å². The van der Waals surface area contributed by atoms with Crippen molar-refractivity contribution in [3.05, 3.63) is 65.9 Å². The summed E-state index contributed by atoms with van der Waals surface area (Å²) in [5.74, 6) is 0.523. The molecule has 29 heavy (non-hydrogen) atoms. The number of carbonyl (C=O) groups excluding carboxylic acids is 3.